The first-order chi connectivity index (χ1) is 11.2. The molecular formula is C20H18O3. The van der Waals surface area contributed by atoms with Gasteiger partial charge in [-0.05, 0) is 47.5 Å². The monoisotopic (exact) mass is 306 g/mol. The lowest BCUT2D eigenvalue weighted by Gasteiger charge is -2.20. The number of carbonyl (C=O) groups is 1. The molecule has 0 atom stereocenters. The molecule has 0 radical (unpaired) electrons. The number of rotatable bonds is 4. The maximum absolute atomic E-state index is 12.2. The van der Waals surface area contributed by atoms with Crippen molar-refractivity contribution in [2.45, 2.75) is 6.42 Å². The molecule has 0 N–H and O–H groups in total. The fourth-order valence-electron chi connectivity index (χ4n) is 2.50. The molecule has 1 aliphatic rings. The van der Waals surface area contributed by atoms with E-state index in [1.54, 1.807) is 14.2 Å². The van der Waals surface area contributed by atoms with Crippen LogP contribution in [0.1, 0.15) is 17.5 Å². The topological polar surface area (TPSA) is 35.5 Å². The molecular weight excluding hydrogens is 288 g/mol. The van der Waals surface area contributed by atoms with E-state index < -0.39 is 0 Å². The van der Waals surface area contributed by atoms with Crippen LogP contribution < -0.4 is 9.47 Å². The predicted molar refractivity (Wildman–Crippen MR) is 91.6 cm³/mol. The van der Waals surface area contributed by atoms with Crippen LogP contribution in [0.4, 0.5) is 0 Å². The van der Waals surface area contributed by atoms with Crippen molar-refractivity contribution in [1.29, 1.82) is 0 Å². The van der Waals surface area contributed by atoms with Gasteiger partial charge >= 0.3 is 0 Å². The summed E-state index contributed by atoms with van der Waals surface area (Å²) in [5, 5.41) is 0. The molecule has 3 rings (SSSR count). The Morgan fingerprint density at radius 1 is 0.739 bits per heavy atom. The Balaban J connectivity index is 1.71. The zero-order chi connectivity index (χ0) is 16.2. The Morgan fingerprint density at radius 3 is 1.43 bits per heavy atom. The van der Waals surface area contributed by atoms with Crippen LogP contribution in [0.15, 0.2) is 59.7 Å². The number of ketones is 1. The fraction of sp³-hybridized carbons (Fsp3) is 0.150. The maximum atomic E-state index is 12.2. The van der Waals surface area contributed by atoms with Crippen molar-refractivity contribution in [3.8, 4) is 11.5 Å². The van der Waals surface area contributed by atoms with Crippen LogP contribution in [0.25, 0.3) is 12.2 Å². The van der Waals surface area contributed by atoms with E-state index in [9.17, 15) is 4.79 Å². The minimum atomic E-state index is 0.122. The van der Waals surface area contributed by atoms with Crippen molar-refractivity contribution < 1.29 is 14.3 Å². The smallest absolute Gasteiger partial charge is 0.185 e. The van der Waals surface area contributed by atoms with E-state index in [4.69, 9.17) is 9.47 Å². The predicted octanol–water partition coefficient (Wildman–Crippen LogP) is 4.14. The number of allylic oxidation sites excluding steroid dienone is 2. The molecule has 116 valence electrons. The SMILES string of the molecule is COc1ccc(C=C2CC(=Cc3ccc(OC)cc3)C2=O)cc1. The lowest BCUT2D eigenvalue weighted by molar-refractivity contribution is -0.114. The fourth-order valence-corrected chi connectivity index (χ4v) is 2.50. The lowest BCUT2D eigenvalue weighted by Crippen LogP contribution is -2.18. The third kappa shape index (κ3) is 3.34. The zero-order valence-electron chi connectivity index (χ0n) is 13.2. The molecule has 0 heterocycles. The van der Waals surface area contributed by atoms with Crippen molar-refractivity contribution in [2.75, 3.05) is 14.2 Å². The molecule has 0 unspecified atom stereocenters. The molecule has 0 bridgehead atoms. The Bertz CT molecular complexity index is 700. The van der Waals surface area contributed by atoms with Crippen LogP contribution in [0.3, 0.4) is 0 Å². The summed E-state index contributed by atoms with van der Waals surface area (Å²) in [7, 11) is 3.28. The van der Waals surface area contributed by atoms with Crippen LogP contribution in [0.2, 0.25) is 0 Å². The van der Waals surface area contributed by atoms with Gasteiger partial charge in [0.25, 0.3) is 0 Å². The van der Waals surface area contributed by atoms with Gasteiger partial charge in [0.2, 0.25) is 0 Å². The van der Waals surface area contributed by atoms with E-state index in [0.29, 0.717) is 6.42 Å². The molecule has 1 aliphatic carbocycles. The number of carbonyl (C=O) groups excluding carboxylic acids is 1. The molecule has 2 aromatic carbocycles. The summed E-state index contributed by atoms with van der Waals surface area (Å²) in [5.74, 6) is 1.75. The second-order valence-electron chi connectivity index (χ2n) is 5.39. The molecule has 23 heavy (non-hydrogen) atoms. The molecule has 0 spiro atoms. The summed E-state index contributed by atoms with van der Waals surface area (Å²) < 4.78 is 10.3. The van der Waals surface area contributed by atoms with E-state index >= 15 is 0 Å². The summed E-state index contributed by atoms with van der Waals surface area (Å²) in [6.07, 6.45) is 4.58. The first kappa shape index (κ1) is 15.1. The van der Waals surface area contributed by atoms with Gasteiger partial charge in [-0.3, -0.25) is 4.79 Å². The van der Waals surface area contributed by atoms with Gasteiger partial charge in [0, 0.05) is 17.6 Å². The highest BCUT2D eigenvalue weighted by molar-refractivity contribution is 6.20. The Kier molecular flexibility index (Phi) is 4.29. The maximum Gasteiger partial charge on any atom is 0.185 e. The van der Waals surface area contributed by atoms with Crippen LogP contribution in [-0.2, 0) is 4.79 Å². The van der Waals surface area contributed by atoms with E-state index in [1.807, 2.05) is 60.7 Å². The van der Waals surface area contributed by atoms with Gasteiger partial charge in [-0.25, -0.2) is 0 Å². The molecule has 0 amide bonds. The summed E-state index contributed by atoms with van der Waals surface area (Å²) in [4.78, 5) is 12.2. The Labute approximate surface area is 135 Å². The molecule has 0 aromatic heterocycles. The van der Waals surface area contributed by atoms with Gasteiger partial charge < -0.3 is 9.47 Å². The molecule has 1 saturated carbocycles. The van der Waals surface area contributed by atoms with Gasteiger partial charge in [-0.2, -0.15) is 0 Å². The standard InChI is InChI=1S/C20H18O3/c1-22-18-7-3-14(4-8-18)11-16-13-17(20(16)21)12-15-5-9-19(23-2)10-6-15/h3-12H,13H2,1-2H3. The van der Waals surface area contributed by atoms with Crippen LogP contribution >= 0.6 is 0 Å². The highest BCUT2D eigenvalue weighted by Gasteiger charge is 2.26. The largest absolute Gasteiger partial charge is 0.497 e. The first-order valence-corrected chi connectivity index (χ1v) is 7.43. The Morgan fingerprint density at radius 2 is 1.13 bits per heavy atom. The number of hydrogen-bond acceptors (Lipinski definition) is 3. The van der Waals surface area contributed by atoms with E-state index in [0.717, 1.165) is 33.8 Å². The number of benzene rings is 2. The molecule has 0 saturated heterocycles. The quantitative estimate of drug-likeness (QED) is 0.796. The number of methoxy groups -OCH3 is 2. The summed E-state index contributed by atoms with van der Waals surface area (Å²) in [5.41, 5.74) is 3.71. The third-order valence-electron chi connectivity index (χ3n) is 3.88. The highest BCUT2D eigenvalue weighted by atomic mass is 16.5. The number of ether oxygens (including phenoxy) is 2. The van der Waals surface area contributed by atoms with Gasteiger partial charge in [0.05, 0.1) is 14.2 Å². The second-order valence-corrected chi connectivity index (χ2v) is 5.39. The van der Waals surface area contributed by atoms with Gasteiger partial charge in [0.1, 0.15) is 11.5 Å². The summed E-state index contributed by atoms with van der Waals surface area (Å²) in [6.45, 7) is 0. The summed E-state index contributed by atoms with van der Waals surface area (Å²) >= 11 is 0. The highest BCUT2D eigenvalue weighted by Crippen LogP contribution is 2.32. The van der Waals surface area contributed by atoms with Crippen molar-refractivity contribution in [3.05, 3.63) is 70.8 Å². The van der Waals surface area contributed by atoms with Crippen molar-refractivity contribution in [1.82, 2.24) is 0 Å². The van der Waals surface area contributed by atoms with Crippen molar-refractivity contribution in [2.24, 2.45) is 0 Å². The Hall–Kier alpha value is -2.81. The molecule has 3 nitrogen and oxygen atoms in total. The van der Waals surface area contributed by atoms with Gasteiger partial charge in [-0.15, -0.1) is 0 Å². The van der Waals surface area contributed by atoms with E-state index in [1.165, 1.54) is 0 Å². The zero-order valence-corrected chi connectivity index (χ0v) is 13.2. The van der Waals surface area contributed by atoms with E-state index in [-0.39, 0.29) is 5.78 Å². The summed E-state index contributed by atoms with van der Waals surface area (Å²) in [6, 6.07) is 15.4. The average molecular weight is 306 g/mol. The lowest BCUT2D eigenvalue weighted by atomic mass is 9.82. The average Bonchev–Trinajstić information content (AvgIpc) is 2.61. The van der Waals surface area contributed by atoms with Crippen molar-refractivity contribution in [3.63, 3.8) is 0 Å². The molecule has 1 fully saturated rings. The van der Waals surface area contributed by atoms with Gasteiger partial charge in [-0.1, -0.05) is 24.3 Å². The van der Waals surface area contributed by atoms with Crippen LogP contribution in [0, 0.1) is 0 Å². The van der Waals surface area contributed by atoms with E-state index in [2.05, 4.69) is 0 Å². The van der Waals surface area contributed by atoms with Crippen molar-refractivity contribution >= 4 is 17.9 Å². The van der Waals surface area contributed by atoms with Crippen LogP contribution in [-0.4, -0.2) is 20.0 Å². The number of hydrogen-bond donors (Lipinski definition) is 0. The molecule has 3 heteroatoms. The minimum Gasteiger partial charge on any atom is -0.497 e. The van der Waals surface area contributed by atoms with Crippen LogP contribution in [0.5, 0.6) is 11.5 Å². The number of Topliss-reactive ketones (excluding diaryl/α,β-unsaturated/α-hetero) is 1. The molecule has 0 aliphatic heterocycles. The minimum absolute atomic E-state index is 0.122. The second kappa shape index (κ2) is 6.53. The third-order valence-corrected chi connectivity index (χ3v) is 3.88. The molecule has 2 aromatic rings. The van der Waals surface area contributed by atoms with Gasteiger partial charge in [0.15, 0.2) is 5.78 Å². The first-order valence-electron chi connectivity index (χ1n) is 7.43. The normalized spacial score (nSPS) is 17.2.